The fraction of sp³-hybridized carbons (Fsp3) is 0.240. The maximum Gasteiger partial charge on any atom is 0.329 e. The third kappa shape index (κ3) is 5.28. The lowest BCUT2D eigenvalue weighted by Crippen LogP contribution is -2.33. The highest BCUT2D eigenvalue weighted by Gasteiger charge is 2.38. The van der Waals surface area contributed by atoms with E-state index >= 15 is 0 Å². The second-order valence-corrected chi connectivity index (χ2v) is 7.81. The first-order valence-electron chi connectivity index (χ1n) is 10.8. The van der Waals surface area contributed by atoms with E-state index in [-0.39, 0.29) is 36.4 Å². The van der Waals surface area contributed by atoms with Crippen molar-refractivity contribution in [3.63, 3.8) is 0 Å². The van der Waals surface area contributed by atoms with Gasteiger partial charge in [-0.2, -0.15) is 0 Å². The minimum Gasteiger partial charge on any atom is -0.469 e. The molecule has 1 aliphatic rings. The maximum absolute atomic E-state index is 13.3. The van der Waals surface area contributed by atoms with Gasteiger partial charge in [0, 0.05) is 18.9 Å². The number of para-hydroxylation sites is 1. The molecule has 1 aliphatic heterocycles. The summed E-state index contributed by atoms with van der Waals surface area (Å²) in [5, 5.41) is 5.50. The first-order chi connectivity index (χ1) is 16.0. The Labute approximate surface area is 190 Å². The highest BCUT2D eigenvalue weighted by atomic mass is 19.1. The molecule has 4 rings (SSSR count). The Kier molecular flexibility index (Phi) is 6.83. The number of anilines is 1. The number of amides is 4. The summed E-state index contributed by atoms with van der Waals surface area (Å²) in [7, 11) is 0. The van der Waals surface area contributed by atoms with E-state index in [1.165, 1.54) is 12.1 Å². The van der Waals surface area contributed by atoms with E-state index in [9.17, 15) is 18.8 Å². The van der Waals surface area contributed by atoms with Gasteiger partial charge in [0.1, 0.15) is 17.6 Å². The summed E-state index contributed by atoms with van der Waals surface area (Å²) < 4.78 is 18.8. The Balaban J connectivity index is 1.28. The molecule has 0 bridgehead atoms. The van der Waals surface area contributed by atoms with E-state index in [2.05, 4.69) is 10.6 Å². The first kappa shape index (κ1) is 22.3. The normalized spacial score (nSPS) is 16.5. The van der Waals surface area contributed by atoms with Gasteiger partial charge in [0.25, 0.3) is 5.91 Å². The Morgan fingerprint density at radius 3 is 2.52 bits per heavy atom. The van der Waals surface area contributed by atoms with Crippen molar-refractivity contribution in [2.75, 3.05) is 11.4 Å². The number of nitrogens with zero attached hydrogens (tertiary/aromatic N) is 1. The van der Waals surface area contributed by atoms with E-state index in [4.69, 9.17) is 4.42 Å². The van der Waals surface area contributed by atoms with Crippen LogP contribution >= 0.6 is 0 Å². The highest BCUT2D eigenvalue weighted by molar-refractivity contribution is 6.21. The molecule has 0 spiro atoms. The second kappa shape index (κ2) is 10.1. The topological polar surface area (TPSA) is 91.7 Å². The number of hydrogen-bond donors (Lipinski definition) is 2. The molecule has 1 aromatic heterocycles. The summed E-state index contributed by atoms with van der Waals surface area (Å²) in [5.41, 5.74) is 1.39. The van der Waals surface area contributed by atoms with Gasteiger partial charge in [-0.1, -0.05) is 30.3 Å². The summed E-state index contributed by atoms with van der Waals surface area (Å²) in [6, 6.07) is 17.3. The van der Waals surface area contributed by atoms with Crippen molar-refractivity contribution in [2.45, 2.75) is 31.2 Å². The Bertz CT molecular complexity index is 1100. The van der Waals surface area contributed by atoms with E-state index in [1.807, 2.05) is 6.07 Å². The van der Waals surface area contributed by atoms with Crippen LogP contribution < -0.4 is 15.5 Å². The molecule has 2 heterocycles. The van der Waals surface area contributed by atoms with Crippen molar-refractivity contribution in [3.05, 3.63) is 90.1 Å². The van der Waals surface area contributed by atoms with Crippen molar-refractivity contribution in [3.8, 4) is 0 Å². The number of urea groups is 1. The zero-order valence-electron chi connectivity index (χ0n) is 17.9. The van der Waals surface area contributed by atoms with Gasteiger partial charge >= 0.3 is 6.03 Å². The van der Waals surface area contributed by atoms with Crippen LogP contribution in [-0.4, -0.2) is 30.4 Å². The maximum atomic E-state index is 13.3. The zero-order chi connectivity index (χ0) is 23.2. The monoisotopic (exact) mass is 449 g/mol. The number of hydrogen-bond acceptors (Lipinski definition) is 4. The fourth-order valence-corrected chi connectivity index (χ4v) is 3.93. The molecule has 1 unspecified atom stereocenters. The highest BCUT2D eigenvalue weighted by Crippen LogP contribution is 2.28. The summed E-state index contributed by atoms with van der Waals surface area (Å²) in [6.45, 7) is 0.378. The minimum atomic E-state index is -0.737. The number of rotatable bonds is 9. The van der Waals surface area contributed by atoms with Crippen molar-refractivity contribution in [1.29, 1.82) is 0 Å². The van der Waals surface area contributed by atoms with Crippen LogP contribution in [0.25, 0.3) is 0 Å². The number of nitrogens with one attached hydrogen (secondary N) is 2. The van der Waals surface area contributed by atoms with Crippen LogP contribution in [0.5, 0.6) is 0 Å². The average molecular weight is 449 g/mol. The van der Waals surface area contributed by atoms with Gasteiger partial charge in [-0.3, -0.25) is 9.59 Å². The van der Waals surface area contributed by atoms with Crippen molar-refractivity contribution < 1.29 is 23.2 Å². The van der Waals surface area contributed by atoms with Crippen LogP contribution in [0.4, 0.5) is 14.9 Å². The van der Waals surface area contributed by atoms with Crippen LogP contribution in [0.1, 0.15) is 36.5 Å². The summed E-state index contributed by atoms with van der Waals surface area (Å²) in [5.74, 6) is -0.294. The molecular weight excluding hydrogens is 425 g/mol. The van der Waals surface area contributed by atoms with Crippen LogP contribution in [0.15, 0.2) is 77.4 Å². The third-order valence-electron chi connectivity index (χ3n) is 5.61. The number of halogens is 1. The number of carbonyl (C=O) groups excluding carboxylic acids is 3. The molecule has 33 heavy (non-hydrogen) atoms. The van der Waals surface area contributed by atoms with Crippen LogP contribution in [0, 0.1) is 5.82 Å². The van der Waals surface area contributed by atoms with Crippen LogP contribution in [0.3, 0.4) is 0 Å². The molecule has 0 aliphatic carbocycles. The molecule has 1 fully saturated rings. The average Bonchev–Trinajstić information content (AvgIpc) is 3.44. The van der Waals surface area contributed by atoms with Gasteiger partial charge in [0.2, 0.25) is 5.91 Å². The Morgan fingerprint density at radius 1 is 1.06 bits per heavy atom. The summed E-state index contributed by atoms with van der Waals surface area (Å²) in [4.78, 5) is 38.3. The molecule has 1 saturated heterocycles. The van der Waals surface area contributed by atoms with Gasteiger partial charge in [-0.25, -0.2) is 14.1 Å². The van der Waals surface area contributed by atoms with E-state index in [0.717, 1.165) is 16.2 Å². The van der Waals surface area contributed by atoms with E-state index < -0.39 is 12.1 Å². The zero-order valence-corrected chi connectivity index (χ0v) is 17.9. The molecule has 2 atom stereocenters. The van der Waals surface area contributed by atoms with Gasteiger partial charge in [-0.05, 0) is 54.8 Å². The molecule has 8 heteroatoms. The minimum absolute atomic E-state index is 0.0985. The largest absolute Gasteiger partial charge is 0.469 e. The Hall–Kier alpha value is -3.94. The molecule has 2 aromatic carbocycles. The van der Waals surface area contributed by atoms with E-state index in [0.29, 0.717) is 18.7 Å². The van der Waals surface area contributed by atoms with Gasteiger partial charge < -0.3 is 15.1 Å². The number of benzene rings is 2. The third-order valence-corrected chi connectivity index (χ3v) is 5.61. The molecule has 4 amide bonds. The van der Waals surface area contributed by atoms with E-state index in [1.54, 1.807) is 54.8 Å². The number of imide groups is 1. The molecule has 0 saturated carbocycles. The van der Waals surface area contributed by atoms with Gasteiger partial charge in [0.15, 0.2) is 0 Å². The lowest BCUT2D eigenvalue weighted by molar-refractivity contribution is -0.121. The summed E-state index contributed by atoms with van der Waals surface area (Å²) in [6.07, 6.45) is 2.45. The van der Waals surface area contributed by atoms with Crippen LogP contribution in [-0.2, 0) is 9.59 Å². The fourth-order valence-electron chi connectivity index (χ4n) is 3.93. The number of carbonyl (C=O) groups is 3. The van der Waals surface area contributed by atoms with Crippen LogP contribution in [0.2, 0.25) is 0 Å². The molecule has 2 N–H and O–H groups in total. The van der Waals surface area contributed by atoms with Gasteiger partial charge in [-0.15, -0.1) is 0 Å². The standard InChI is InChI=1S/C25H24FN3O4/c26-18-10-8-17(9-11-18)20(22-7-4-16-33-22)14-15-27-23(30)13-12-21-24(31)29(25(32)28-21)19-5-2-1-3-6-19/h1-11,16,20-21H,12-15H2,(H,27,30)(H,28,32)/t20?,21-/m0/s1. The predicted molar refractivity (Wildman–Crippen MR) is 120 cm³/mol. The lowest BCUT2D eigenvalue weighted by atomic mass is 9.93. The Morgan fingerprint density at radius 2 is 1.82 bits per heavy atom. The summed E-state index contributed by atoms with van der Waals surface area (Å²) >= 11 is 0. The number of furan rings is 1. The quantitative estimate of drug-likeness (QED) is 0.484. The van der Waals surface area contributed by atoms with Crippen molar-refractivity contribution in [2.24, 2.45) is 0 Å². The molecule has 7 nitrogen and oxygen atoms in total. The second-order valence-electron chi connectivity index (χ2n) is 7.81. The first-order valence-corrected chi connectivity index (χ1v) is 10.8. The SMILES string of the molecule is O=C(CC[C@@H]1NC(=O)N(c2ccccc2)C1=O)NCCC(c1ccc(F)cc1)c1ccco1. The van der Waals surface area contributed by atoms with Crippen molar-refractivity contribution >= 4 is 23.5 Å². The predicted octanol–water partition coefficient (Wildman–Crippen LogP) is 3.96. The lowest BCUT2D eigenvalue weighted by Gasteiger charge is -2.16. The van der Waals surface area contributed by atoms with Gasteiger partial charge in [0.05, 0.1) is 12.0 Å². The molecule has 170 valence electrons. The smallest absolute Gasteiger partial charge is 0.329 e. The molecular formula is C25H24FN3O4. The molecule has 0 radical (unpaired) electrons. The molecule has 3 aromatic rings. The van der Waals surface area contributed by atoms with Crippen molar-refractivity contribution in [1.82, 2.24) is 10.6 Å².